The molecule has 0 saturated heterocycles. The summed E-state index contributed by atoms with van der Waals surface area (Å²) in [4.78, 5) is 13.2. The first-order valence-electron chi connectivity index (χ1n) is 10.3. The van der Waals surface area contributed by atoms with E-state index in [-0.39, 0.29) is 4.90 Å². The molecule has 0 atom stereocenters. The van der Waals surface area contributed by atoms with E-state index >= 15 is 0 Å². The number of ether oxygens (including phenoxy) is 1. The minimum absolute atomic E-state index is 0.0492. The van der Waals surface area contributed by atoms with Crippen LogP contribution in [-0.2, 0) is 21.2 Å². The number of hydrogen-bond acceptors (Lipinski definition) is 4. The number of carbonyl (C=O) groups is 1. The standard InChI is InChI=1S/C25H27NO4S/c1-4-9-21-14-16-22(17-15-21)30-18-25(27)26(24-13-8-10-19(2)20(24)3)31(28,29)23-11-6-5-7-12-23/h5-8,10-17H,4,9,18H2,1-3H3. The van der Waals surface area contributed by atoms with Gasteiger partial charge in [0.25, 0.3) is 15.9 Å². The van der Waals surface area contributed by atoms with Crippen molar-refractivity contribution in [2.45, 2.75) is 38.5 Å². The fraction of sp³-hybridized carbons (Fsp3) is 0.240. The summed E-state index contributed by atoms with van der Waals surface area (Å²) in [6.07, 6.45) is 2.01. The molecule has 0 bridgehead atoms. The average Bonchev–Trinajstić information content (AvgIpc) is 2.77. The molecular weight excluding hydrogens is 410 g/mol. The molecule has 1 amide bonds. The van der Waals surface area contributed by atoms with E-state index in [2.05, 4.69) is 6.92 Å². The third-order valence-electron chi connectivity index (χ3n) is 5.13. The van der Waals surface area contributed by atoms with E-state index in [9.17, 15) is 13.2 Å². The lowest BCUT2D eigenvalue weighted by molar-refractivity contribution is -0.119. The lowest BCUT2D eigenvalue weighted by Gasteiger charge is -2.25. The molecule has 162 valence electrons. The van der Waals surface area contributed by atoms with Crippen LogP contribution in [0.3, 0.4) is 0 Å². The number of sulfonamides is 1. The van der Waals surface area contributed by atoms with Crippen LogP contribution in [0.15, 0.2) is 77.7 Å². The van der Waals surface area contributed by atoms with Crippen LogP contribution in [0.1, 0.15) is 30.0 Å². The Morgan fingerprint density at radius 2 is 1.58 bits per heavy atom. The maximum atomic E-state index is 13.4. The highest BCUT2D eigenvalue weighted by Crippen LogP contribution is 2.29. The number of anilines is 1. The van der Waals surface area contributed by atoms with Gasteiger partial charge in [-0.2, -0.15) is 4.31 Å². The van der Waals surface area contributed by atoms with Crippen molar-refractivity contribution in [3.63, 3.8) is 0 Å². The van der Waals surface area contributed by atoms with Gasteiger partial charge < -0.3 is 4.74 Å². The maximum absolute atomic E-state index is 13.4. The summed E-state index contributed by atoms with van der Waals surface area (Å²) in [5.74, 6) is -0.138. The monoisotopic (exact) mass is 437 g/mol. The minimum Gasteiger partial charge on any atom is -0.484 e. The number of amides is 1. The molecule has 0 fully saturated rings. The van der Waals surface area contributed by atoms with Crippen LogP contribution in [0.4, 0.5) is 5.69 Å². The van der Waals surface area contributed by atoms with Gasteiger partial charge in [0.15, 0.2) is 6.61 Å². The molecule has 0 radical (unpaired) electrons. The van der Waals surface area contributed by atoms with Crippen molar-refractivity contribution in [3.05, 3.63) is 89.5 Å². The summed E-state index contributed by atoms with van der Waals surface area (Å²) >= 11 is 0. The second-order valence-corrected chi connectivity index (χ2v) is 9.16. The second kappa shape index (κ2) is 9.79. The summed E-state index contributed by atoms with van der Waals surface area (Å²) in [6.45, 7) is 5.40. The molecule has 3 aromatic rings. The second-order valence-electron chi connectivity index (χ2n) is 7.38. The summed E-state index contributed by atoms with van der Waals surface area (Å²) in [7, 11) is -4.11. The van der Waals surface area contributed by atoms with Crippen LogP contribution < -0.4 is 9.04 Å². The number of rotatable bonds is 8. The summed E-state index contributed by atoms with van der Waals surface area (Å²) in [6, 6.07) is 20.7. The normalized spacial score (nSPS) is 11.2. The molecule has 5 nitrogen and oxygen atoms in total. The van der Waals surface area contributed by atoms with Gasteiger partial charge in [-0.15, -0.1) is 0 Å². The van der Waals surface area contributed by atoms with Gasteiger partial charge in [-0.25, -0.2) is 8.42 Å². The van der Waals surface area contributed by atoms with E-state index in [1.165, 1.54) is 17.7 Å². The molecule has 0 aliphatic rings. The van der Waals surface area contributed by atoms with Gasteiger partial charge in [0.05, 0.1) is 10.6 Å². The summed E-state index contributed by atoms with van der Waals surface area (Å²) in [5.41, 5.74) is 3.13. The van der Waals surface area contributed by atoms with Crippen molar-refractivity contribution in [2.75, 3.05) is 10.9 Å². The molecule has 0 aliphatic heterocycles. The molecule has 0 N–H and O–H groups in total. The van der Waals surface area contributed by atoms with Crippen molar-refractivity contribution >= 4 is 21.6 Å². The molecule has 0 heterocycles. The number of aryl methyl sites for hydroxylation is 2. The zero-order valence-corrected chi connectivity index (χ0v) is 18.9. The van der Waals surface area contributed by atoms with Crippen LogP contribution in [0, 0.1) is 13.8 Å². The Morgan fingerprint density at radius 1 is 0.903 bits per heavy atom. The lowest BCUT2D eigenvalue weighted by Crippen LogP contribution is -2.40. The Bertz CT molecular complexity index is 1140. The molecule has 3 rings (SSSR count). The first-order chi connectivity index (χ1) is 14.8. The fourth-order valence-electron chi connectivity index (χ4n) is 3.30. The molecule has 3 aromatic carbocycles. The van der Waals surface area contributed by atoms with Gasteiger partial charge in [-0.05, 0) is 67.3 Å². The Morgan fingerprint density at radius 3 is 2.23 bits per heavy atom. The van der Waals surface area contributed by atoms with Crippen molar-refractivity contribution < 1.29 is 17.9 Å². The zero-order valence-electron chi connectivity index (χ0n) is 18.0. The van der Waals surface area contributed by atoms with Crippen LogP contribution in [0.5, 0.6) is 5.75 Å². The zero-order chi connectivity index (χ0) is 22.4. The summed E-state index contributed by atoms with van der Waals surface area (Å²) in [5, 5.41) is 0. The topological polar surface area (TPSA) is 63.7 Å². The predicted octanol–water partition coefficient (Wildman–Crippen LogP) is 5.06. The highest BCUT2D eigenvalue weighted by atomic mass is 32.2. The van der Waals surface area contributed by atoms with E-state index in [0.29, 0.717) is 11.4 Å². The lowest BCUT2D eigenvalue weighted by atomic mass is 10.1. The molecule has 31 heavy (non-hydrogen) atoms. The van der Waals surface area contributed by atoms with E-state index < -0.39 is 22.5 Å². The van der Waals surface area contributed by atoms with Gasteiger partial charge in [0, 0.05) is 0 Å². The van der Waals surface area contributed by atoms with Crippen molar-refractivity contribution in [3.8, 4) is 5.75 Å². The third kappa shape index (κ3) is 5.14. The van der Waals surface area contributed by atoms with E-state index in [4.69, 9.17) is 4.74 Å². The van der Waals surface area contributed by atoms with Gasteiger partial charge in [0.2, 0.25) is 0 Å². The molecule has 0 aliphatic carbocycles. The molecule has 6 heteroatoms. The first kappa shape index (κ1) is 22.6. The van der Waals surface area contributed by atoms with Gasteiger partial charge >= 0.3 is 0 Å². The first-order valence-corrected chi connectivity index (χ1v) is 11.7. The molecule has 0 saturated carbocycles. The molecule has 0 aromatic heterocycles. The van der Waals surface area contributed by atoms with Crippen LogP contribution in [-0.4, -0.2) is 20.9 Å². The number of benzene rings is 3. The van der Waals surface area contributed by atoms with Crippen molar-refractivity contribution in [2.24, 2.45) is 0 Å². The largest absolute Gasteiger partial charge is 0.484 e. The SMILES string of the molecule is CCCc1ccc(OCC(=O)N(c2cccc(C)c2C)S(=O)(=O)c2ccccc2)cc1. The highest BCUT2D eigenvalue weighted by molar-refractivity contribution is 7.93. The smallest absolute Gasteiger partial charge is 0.278 e. The number of carbonyl (C=O) groups excluding carboxylic acids is 1. The van der Waals surface area contributed by atoms with Gasteiger partial charge in [0.1, 0.15) is 5.75 Å². The van der Waals surface area contributed by atoms with E-state index in [1.54, 1.807) is 49.4 Å². The Balaban J connectivity index is 1.92. The fourth-order valence-corrected chi connectivity index (χ4v) is 4.79. The quantitative estimate of drug-likeness (QED) is 0.494. The third-order valence-corrected chi connectivity index (χ3v) is 6.88. The summed E-state index contributed by atoms with van der Waals surface area (Å²) < 4.78 is 33.3. The molecule has 0 unspecified atom stereocenters. The Labute approximate surface area is 184 Å². The Kier molecular flexibility index (Phi) is 7.13. The highest BCUT2D eigenvalue weighted by Gasteiger charge is 2.32. The Hall–Kier alpha value is -3.12. The van der Waals surface area contributed by atoms with Crippen LogP contribution >= 0.6 is 0 Å². The van der Waals surface area contributed by atoms with Gasteiger partial charge in [-0.1, -0.05) is 55.8 Å². The number of nitrogens with zero attached hydrogens (tertiary/aromatic N) is 1. The molecule has 0 spiro atoms. The van der Waals surface area contributed by atoms with Crippen LogP contribution in [0.2, 0.25) is 0 Å². The minimum atomic E-state index is -4.11. The van der Waals surface area contributed by atoms with Crippen molar-refractivity contribution in [1.29, 1.82) is 0 Å². The van der Waals surface area contributed by atoms with Gasteiger partial charge in [-0.3, -0.25) is 4.79 Å². The predicted molar refractivity (Wildman–Crippen MR) is 123 cm³/mol. The molecular formula is C25H27NO4S. The van der Waals surface area contributed by atoms with E-state index in [1.807, 2.05) is 25.1 Å². The maximum Gasteiger partial charge on any atom is 0.278 e. The van der Waals surface area contributed by atoms with Crippen LogP contribution in [0.25, 0.3) is 0 Å². The number of hydrogen-bond donors (Lipinski definition) is 0. The van der Waals surface area contributed by atoms with Crippen molar-refractivity contribution in [1.82, 2.24) is 0 Å². The average molecular weight is 438 g/mol. The van der Waals surface area contributed by atoms with E-state index in [0.717, 1.165) is 28.3 Å².